The van der Waals surface area contributed by atoms with E-state index >= 15 is 0 Å². The second-order valence-corrected chi connectivity index (χ2v) is 7.02. The molecule has 0 aromatic heterocycles. The van der Waals surface area contributed by atoms with Crippen molar-refractivity contribution in [1.82, 2.24) is 5.32 Å². The van der Waals surface area contributed by atoms with Crippen LogP contribution in [0.3, 0.4) is 0 Å². The quantitative estimate of drug-likeness (QED) is 0.264. The number of carboxylic acid groups (broad SMARTS) is 1. The first kappa shape index (κ1) is 23.7. The van der Waals surface area contributed by atoms with Gasteiger partial charge >= 0.3 is 5.97 Å². The molecule has 0 unspecified atom stereocenters. The highest BCUT2D eigenvalue weighted by atomic mass is 16.4. The van der Waals surface area contributed by atoms with Crippen LogP contribution in [0.15, 0.2) is 11.6 Å². The van der Waals surface area contributed by atoms with E-state index in [9.17, 15) is 9.59 Å². The predicted octanol–water partition coefficient (Wildman–Crippen LogP) is 5.61. The Morgan fingerprint density at radius 3 is 1.56 bits per heavy atom. The highest BCUT2D eigenvalue weighted by molar-refractivity contribution is 5.98. The van der Waals surface area contributed by atoms with Crippen LogP contribution in [-0.4, -0.2) is 23.5 Å². The fourth-order valence-corrected chi connectivity index (χ4v) is 2.91. The van der Waals surface area contributed by atoms with Crippen LogP contribution in [-0.2, 0) is 9.59 Å². The number of rotatable bonds is 17. The lowest BCUT2D eigenvalue weighted by Gasteiger charge is -2.05. The van der Waals surface area contributed by atoms with Crippen molar-refractivity contribution in [2.24, 2.45) is 0 Å². The van der Waals surface area contributed by atoms with Gasteiger partial charge in [0, 0.05) is 18.2 Å². The van der Waals surface area contributed by atoms with Crippen molar-refractivity contribution < 1.29 is 14.7 Å². The van der Waals surface area contributed by atoms with Crippen LogP contribution in [0.25, 0.3) is 0 Å². The summed E-state index contributed by atoms with van der Waals surface area (Å²) in [5.74, 6) is -1.36. The summed E-state index contributed by atoms with van der Waals surface area (Å²) in [6.45, 7) is 4.41. The molecule has 0 aliphatic carbocycles. The summed E-state index contributed by atoms with van der Waals surface area (Å²) >= 11 is 0. The zero-order valence-electron chi connectivity index (χ0n) is 16.4. The van der Waals surface area contributed by atoms with Crippen molar-refractivity contribution in [3.8, 4) is 0 Å². The minimum absolute atomic E-state index is 0.248. The van der Waals surface area contributed by atoms with Crippen LogP contribution >= 0.6 is 0 Å². The van der Waals surface area contributed by atoms with E-state index in [-0.39, 0.29) is 11.5 Å². The Morgan fingerprint density at radius 2 is 1.16 bits per heavy atom. The Hall–Kier alpha value is -1.32. The van der Waals surface area contributed by atoms with Crippen molar-refractivity contribution in [1.29, 1.82) is 0 Å². The number of hydrogen-bond donors (Lipinski definition) is 2. The Morgan fingerprint density at radius 1 is 0.760 bits per heavy atom. The summed E-state index contributed by atoms with van der Waals surface area (Å²) in [4.78, 5) is 22.0. The first-order valence-electron chi connectivity index (χ1n) is 10.3. The molecule has 0 saturated heterocycles. The molecule has 0 rings (SSSR count). The van der Waals surface area contributed by atoms with Crippen molar-refractivity contribution in [3.05, 3.63) is 11.6 Å². The van der Waals surface area contributed by atoms with Gasteiger partial charge in [0.25, 0.3) is 0 Å². The van der Waals surface area contributed by atoms with E-state index < -0.39 is 5.97 Å². The van der Waals surface area contributed by atoms with Gasteiger partial charge in [0.15, 0.2) is 0 Å². The van der Waals surface area contributed by atoms with Gasteiger partial charge in [-0.25, -0.2) is 4.79 Å². The number of carboxylic acids is 1. The van der Waals surface area contributed by atoms with E-state index in [0.717, 1.165) is 18.9 Å². The van der Waals surface area contributed by atoms with Crippen molar-refractivity contribution in [3.63, 3.8) is 0 Å². The molecular formula is C21H39NO3. The summed E-state index contributed by atoms with van der Waals surface area (Å²) in [6.07, 6.45) is 19.3. The first-order chi connectivity index (χ1) is 12.1. The molecule has 25 heavy (non-hydrogen) atoms. The SMILES string of the molecule is CCCCCCCCCCCCCCCCNC(=O)/C(C)=C\C(=O)O. The summed E-state index contributed by atoms with van der Waals surface area (Å²) in [5.41, 5.74) is 0.248. The molecule has 0 aliphatic rings. The molecular weight excluding hydrogens is 314 g/mol. The highest BCUT2D eigenvalue weighted by Gasteiger charge is 2.04. The van der Waals surface area contributed by atoms with Gasteiger partial charge in [-0.3, -0.25) is 4.79 Å². The minimum atomic E-state index is -1.08. The average Bonchev–Trinajstić information content (AvgIpc) is 2.57. The zero-order valence-corrected chi connectivity index (χ0v) is 16.4. The van der Waals surface area contributed by atoms with Gasteiger partial charge < -0.3 is 10.4 Å². The molecule has 4 nitrogen and oxygen atoms in total. The van der Waals surface area contributed by atoms with E-state index in [2.05, 4.69) is 12.2 Å². The molecule has 0 saturated carbocycles. The second-order valence-electron chi connectivity index (χ2n) is 7.02. The first-order valence-corrected chi connectivity index (χ1v) is 10.3. The summed E-state index contributed by atoms with van der Waals surface area (Å²) in [7, 11) is 0. The molecule has 0 spiro atoms. The van der Waals surface area contributed by atoms with Gasteiger partial charge in [0.05, 0.1) is 0 Å². The standard InChI is InChI=1S/C21H39NO3/c1-3-4-5-6-7-8-9-10-11-12-13-14-15-16-17-22-21(25)19(2)18-20(23)24/h18H,3-17H2,1-2H3,(H,22,25)(H,23,24)/b19-18-. The second kappa shape index (κ2) is 17.5. The topological polar surface area (TPSA) is 66.4 Å². The minimum Gasteiger partial charge on any atom is -0.478 e. The number of hydrogen-bond acceptors (Lipinski definition) is 2. The monoisotopic (exact) mass is 353 g/mol. The third-order valence-electron chi connectivity index (χ3n) is 4.51. The molecule has 1 amide bonds. The molecule has 0 aromatic rings. The number of nitrogens with one attached hydrogen (secondary N) is 1. The van der Waals surface area contributed by atoms with Crippen LogP contribution in [0, 0.1) is 0 Å². The lowest BCUT2D eigenvalue weighted by molar-refractivity contribution is -0.131. The van der Waals surface area contributed by atoms with E-state index in [0.29, 0.717) is 6.54 Å². The van der Waals surface area contributed by atoms with Crippen molar-refractivity contribution >= 4 is 11.9 Å². The summed E-state index contributed by atoms with van der Waals surface area (Å²) < 4.78 is 0. The lowest BCUT2D eigenvalue weighted by atomic mass is 10.0. The Labute approximate surface area is 154 Å². The molecule has 0 heterocycles. The van der Waals surface area contributed by atoms with Gasteiger partial charge in [0.2, 0.25) is 5.91 Å². The Kier molecular flexibility index (Phi) is 16.6. The molecule has 2 N–H and O–H groups in total. The summed E-state index contributed by atoms with van der Waals surface area (Å²) in [6, 6.07) is 0. The molecule has 146 valence electrons. The number of aliphatic carboxylic acids is 1. The molecule has 0 fully saturated rings. The van der Waals surface area contributed by atoms with Gasteiger partial charge in [0.1, 0.15) is 0 Å². The van der Waals surface area contributed by atoms with E-state index in [1.54, 1.807) is 0 Å². The van der Waals surface area contributed by atoms with Gasteiger partial charge in [-0.05, 0) is 13.3 Å². The summed E-state index contributed by atoms with van der Waals surface area (Å²) in [5, 5.41) is 11.3. The van der Waals surface area contributed by atoms with Crippen molar-refractivity contribution in [2.45, 2.75) is 104 Å². The maximum absolute atomic E-state index is 11.6. The van der Waals surface area contributed by atoms with Crippen LogP contribution in [0.2, 0.25) is 0 Å². The maximum Gasteiger partial charge on any atom is 0.328 e. The number of unbranched alkanes of at least 4 members (excludes halogenated alkanes) is 13. The van der Waals surface area contributed by atoms with E-state index in [1.165, 1.54) is 84.0 Å². The van der Waals surface area contributed by atoms with Gasteiger partial charge in [-0.1, -0.05) is 90.4 Å². The lowest BCUT2D eigenvalue weighted by Crippen LogP contribution is -2.25. The number of carbonyl (C=O) groups excluding carboxylic acids is 1. The van der Waals surface area contributed by atoms with Crippen LogP contribution in [0.4, 0.5) is 0 Å². The molecule has 0 aromatic carbocycles. The smallest absolute Gasteiger partial charge is 0.328 e. The molecule has 0 bridgehead atoms. The van der Waals surface area contributed by atoms with Gasteiger partial charge in [-0.15, -0.1) is 0 Å². The number of amides is 1. The van der Waals surface area contributed by atoms with Crippen LogP contribution in [0.5, 0.6) is 0 Å². The molecule has 0 radical (unpaired) electrons. The predicted molar refractivity (Wildman–Crippen MR) is 105 cm³/mol. The third kappa shape index (κ3) is 17.3. The van der Waals surface area contributed by atoms with E-state index in [4.69, 9.17) is 5.11 Å². The Balaban J connectivity index is 3.26. The zero-order chi connectivity index (χ0) is 18.8. The molecule has 4 heteroatoms. The van der Waals surface area contributed by atoms with Crippen LogP contribution < -0.4 is 5.32 Å². The fourth-order valence-electron chi connectivity index (χ4n) is 2.91. The van der Waals surface area contributed by atoms with E-state index in [1.807, 2.05) is 0 Å². The molecule has 0 aliphatic heterocycles. The average molecular weight is 354 g/mol. The largest absolute Gasteiger partial charge is 0.478 e. The Bertz CT molecular complexity index is 377. The van der Waals surface area contributed by atoms with Gasteiger partial charge in [-0.2, -0.15) is 0 Å². The highest BCUT2D eigenvalue weighted by Crippen LogP contribution is 2.12. The van der Waals surface area contributed by atoms with Crippen LogP contribution in [0.1, 0.15) is 104 Å². The maximum atomic E-state index is 11.6. The number of carbonyl (C=O) groups is 2. The molecule has 0 atom stereocenters. The van der Waals surface area contributed by atoms with Crippen molar-refractivity contribution in [2.75, 3.05) is 6.54 Å². The fraction of sp³-hybridized carbons (Fsp3) is 0.810. The normalized spacial score (nSPS) is 11.5. The third-order valence-corrected chi connectivity index (χ3v) is 4.51.